The van der Waals surface area contributed by atoms with Gasteiger partial charge in [0.1, 0.15) is 0 Å². The van der Waals surface area contributed by atoms with E-state index in [9.17, 15) is 0 Å². The molecule has 1 unspecified atom stereocenters. The second-order valence-electron chi connectivity index (χ2n) is 2.36. The molecule has 0 bridgehead atoms. The van der Waals surface area contributed by atoms with Crippen LogP contribution in [0.5, 0.6) is 0 Å². The maximum atomic E-state index is 5.33. The molecule has 0 aromatic rings. The molecule has 14 heavy (non-hydrogen) atoms. The smallest absolute Gasteiger partial charge is 0.0934 e. The van der Waals surface area contributed by atoms with E-state index in [0.717, 1.165) is 5.31 Å². The van der Waals surface area contributed by atoms with Gasteiger partial charge in [-0.2, -0.15) is 12.6 Å². The Balaban J connectivity index is 4.23. The monoisotopic (exact) mass is 232 g/mol. The molecule has 0 aromatic carbocycles. The van der Waals surface area contributed by atoms with Crippen LogP contribution < -0.4 is 0 Å². The van der Waals surface area contributed by atoms with Crippen molar-refractivity contribution in [2.24, 2.45) is 0 Å². The van der Waals surface area contributed by atoms with Crippen LogP contribution in [0.4, 0.5) is 0 Å². The van der Waals surface area contributed by atoms with Crippen molar-refractivity contribution < 1.29 is 9.26 Å². The minimum atomic E-state index is -1.14. The lowest BCUT2D eigenvalue weighted by atomic mass is 10.4. The van der Waals surface area contributed by atoms with Gasteiger partial charge in [-0.05, 0) is 18.3 Å². The predicted octanol–water partition coefficient (Wildman–Crippen LogP) is 3.07. The van der Waals surface area contributed by atoms with E-state index in [0.29, 0.717) is 5.94 Å². The van der Waals surface area contributed by atoms with Crippen LogP contribution in [0.2, 0.25) is 0 Å². The second-order valence-corrected chi connectivity index (χ2v) is 4.33. The van der Waals surface area contributed by atoms with E-state index in [2.05, 4.69) is 18.9 Å². The maximum Gasteiger partial charge on any atom is 0.0934 e. The van der Waals surface area contributed by atoms with Crippen molar-refractivity contribution in [3.63, 3.8) is 0 Å². The summed E-state index contributed by atoms with van der Waals surface area (Å²) in [6.45, 7) is 1.97. The van der Waals surface area contributed by atoms with E-state index in [1.807, 2.05) is 31.2 Å². The zero-order chi connectivity index (χ0) is 10.8. The Morgan fingerprint density at radius 2 is 2.21 bits per heavy atom. The molecular formula is C10H17O2PS. The van der Waals surface area contributed by atoms with E-state index in [1.54, 1.807) is 13.4 Å². The highest BCUT2D eigenvalue weighted by molar-refractivity contribution is 7.80. The minimum Gasteiger partial charge on any atom is -0.504 e. The molecule has 0 spiro atoms. The van der Waals surface area contributed by atoms with Gasteiger partial charge < -0.3 is 9.26 Å². The van der Waals surface area contributed by atoms with Gasteiger partial charge >= 0.3 is 0 Å². The molecule has 4 heteroatoms. The number of rotatable bonds is 6. The van der Waals surface area contributed by atoms with Crippen LogP contribution in [-0.4, -0.2) is 19.3 Å². The van der Waals surface area contributed by atoms with Crippen LogP contribution in [-0.2, 0) is 9.26 Å². The standard InChI is InChI=1S/C10H17O2PS/c1-4-10(13(3)12-9-14)7-5-6-8-11-2/h4-8,13-14H,3,9H2,1-2H3/b7-5-,8-6+,10-4+. The molecule has 0 aliphatic carbocycles. The molecule has 0 heterocycles. The topological polar surface area (TPSA) is 18.5 Å². The Bertz CT molecular complexity index is 257. The molecule has 0 fully saturated rings. The predicted molar refractivity (Wildman–Crippen MR) is 69.4 cm³/mol. The third-order valence-electron chi connectivity index (χ3n) is 1.47. The molecule has 0 rings (SSSR count). The highest BCUT2D eigenvalue weighted by Crippen LogP contribution is 2.33. The Kier molecular flexibility index (Phi) is 8.95. The summed E-state index contributed by atoms with van der Waals surface area (Å²) in [5.74, 6) is 0.414. The first-order valence-corrected chi connectivity index (χ1v) is 6.46. The molecule has 2 nitrogen and oxygen atoms in total. The van der Waals surface area contributed by atoms with Crippen LogP contribution in [0.15, 0.2) is 35.9 Å². The van der Waals surface area contributed by atoms with Crippen LogP contribution >= 0.6 is 20.4 Å². The summed E-state index contributed by atoms with van der Waals surface area (Å²) >= 11 is 4.00. The van der Waals surface area contributed by atoms with E-state index in [-0.39, 0.29) is 0 Å². The number of hydrogen-bond donors (Lipinski definition) is 1. The fourth-order valence-corrected chi connectivity index (χ4v) is 2.19. The van der Waals surface area contributed by atoms with Crippen molar-refractivity contribution in [2.75, 3.05) is 13.0 Å². The summed E-state index contributed by atoms with van der Waals surface area (Å²) in [7, 11) is 0.469. The van der Waals surface area contributed by atoms with E-state index in [4.69, 9.17) is 9.26 Å². The van der Waals surface area contributed by atoms with Gasteiger partial charge in [0.25, 0.3) is 0 Å². The molecule has 0 saturated heterocycles. The fraction of sp³-hybridized carbons (Fsp3) is 0.300. The third kappa shape index (κ3) is 6.14. The second kappa shape index (κ2) is 9.20. The van der Waals surface area contributed by atoms with Gasteiger partial charge in [-0.3, -0.25) is 0 Å². The van der Waals surface area contributed by atoms with Gasteiger partial charge in [0, 0.05) is 7.77 Å². The van der Waals surface area contributed by atoms with Gasteiger partial charge in [-0.1, -0.05) is 24.5 Å². The summed E-state index contributed by atoms with van der Waals surface area (Å²) in [4.78, 5) is 0. The van der Waals surface area contributed by atoms with Gasteiger partial charge in [-0.15, -0.1) is 0 Å². The SMILES string of the molecule is C=[PH](OCS)C(/C=C\C=C\OC)=C/C. The summed E-state index contributed by atoms with van der Waals surface area (Å²) < 4.78 is 10.1. The van der Waals surface area contributed by atoms with Gasteiger partial charge in [0.05, 0.1) is 19.3 Å². The molecule has 0 aliphatic heterocycles. The van der Waals surface area contributed by atoms with Crippen molar-refractivity contribution in [1.29, 1.82) is 0 Å². The van der Waals surface area contributed by atoms with E-state index in [1.165, 1.54) is 0 Å². The number of hydrogen-bond acceptors (Lipinski definition) is 3. The molecule has 80 valence electrons. The van der Waals surface area contributed by atoms with Gasteiger partial charge in [0.15, 0.2) is 0 Å². The molecule has 1 atom stereocenters. The Morgan fingerprint density at radius 1 is 1.50 bits per heavy atom. The molecule has 0 aromatic heterocycles. The van der Waals surface area contributed by atoms with Crippen LogP contribution in [0.3, 0.4) is 0 Å². The lowest BCUT2D eigenvalue weighted by Gasteiger charge is -2.06. The van der Waals surface area contributed by atoms with Crippen molar-refractivity contribution in [2.45, 2.75) is 6.92 Å². The summed E-state index contributed by atoms with van der Waals surface area (Å²) in [6.07, 6.45) is 13.3. The Hall–Kier alpha value is -0.370. The molecular weight excluding hydrogens is 215 g/mol. The van der Waals surface area contributed by atoms with Crippen molar-refractivity contribution >= 4 is 26.7 Å². The van der Waals surface area contributed by atoms with Crippen LogP contribution in [0.1, 0.15) is 6.92 Å². The van der Waals surface area contributed by atoms with Gasteiger partial charge in [-0.25, -0.2) is 0 Å². The molecule has 0 saturated carbocycles. The molecule has 0 N–H and O–H groups in total. The largest absolute Gasteiger partial charge is 0.504 e. The maximum absolute atomic E-state index is 5.33. The summed E-state index contributed by atoms with van der Waals surface area (Å²) in [6, 6.07) is 0. The summed E-state index contributed by atoms with van der Waals surface area (Å²) in [5.41, 5.74) is 0. The first-order chi connectivity index (χ1) is 6.76. The zero-order valence-corrected chi connectivity index (χ0v) is 10.5. The van der Waals surface area contributed by atoms with Crippen molar-refractivity contribution in [1.82, 2.24) is 0 Å². The highest BCUT2D eigenvalue weighted by atomic mass is 32.1. The zero-order valence-electron chi connectivity index (χ0n) is 8.56. The van der Waals surface area contributed by atoms with E-state index >= 15 is 0 Å². The highest BCUT2D eigenvalue weighted by Gasteiger charge is 1.94. The summed E-state index contributed by atoms with van der Waals surface area (Å²) in [5, 5.41) is 1.12. The lowest BCUT2D eigenvalue weighted by molar-refractivity contribution is 0.338. The van der Waals surface area contributed by atoms with Crippen molar-refractivity contribution in [3.8, 4) is 0 Å². The van der Waals surface area contributed by atoms with Crippen LogP contribution in [0, 0.1) is 0 Å². The van der Waals surface area contributed by atoms with Crippen LogP contribution in [0.25, 0.3) is 0 Å². The average molecular weight is 232 g/mol. The third-order valence-corrected chi connectivity index (χ3v) is 3.44. The minimum absolute atomic E-state index is 0.414. The number of allylic oxidation sites excluding steroid dienone is 5. The first-order valence-electron chi connectivity index (χ1n) is 4.21. The lowest BCUT2D eigenvalue weighted by Crippen LogP contribution is -1.77. The van der Waals surface area contributed by atoms with Gasteiger partial charge in [0.2, 0.25) is 0 Å². The quantitative estimate of drug-likeness (QED) is 0.249. The number of methoxy groups -OCH3 is 1. The average Bonchev–Trinajstić information content (AvgIpc) is 2.18. The molecule has 0 aliphatic rings. The molecule has 0 radical (unpaired) electrons. The van der Waals surface area contributed by atoms with E-state index < -0.39 is 7.77 Å². The Morgan fingerprint density at radius 3 is 2.71 bits per heavy atom. The fourth-order valence-electron chi connectivity index (χ4n) is 0.795. The normalized spacial score (nSPS) is 15.2. The number of ether oxygens (including phenoxy) is 1. The first kappa shape index (κ1) is 13.6. The molecule has 0 amide bonds. The number of thiol groups is 1. The van der Waals surface area contributed by atoms with Crippen molar-refractivity contribution in [3.05, 3.63) is 35.9 Å². The Labute approximate surface area is 92.2 Å².